The first-order chi connectivity index (χ1) is 10.2. The lowest BCUT2D eigenvalue weighted by Gasteiger charge is -2.18. The average molecular weight is 390 g/mol. The van der Waals surface area contributed by atoms with Gasteiger partial charge in [-0.05, 0) is 32.5 Å². The topological polar surface area (TPSA) is 58.4 Å². The zero-order chi connectivity index (χ0) is 16.8. The van der Waals surface area contributed by atoms with Crippen LogP contribution in [-0.2, 0) is 4.79 Å². The van der Waals surface area contributed by atoms with Gasteiger partial charge in [0, 0.05) is 6.54 Å². The van der Waals surface area contributed by atoms with E-state index in [9.17, 15) is 18.0 Å². The summed E-state index contributed by atoms with van der Waals surface area (Å²) in [7, 11) is 1.40. The molecule has 9 heteroatoms. The van der Waals surface area contributed by atoms with E-state index in [0.29, 0.717) is 18.5 Å². The molecule has 1 aromatic rings. The summed E-state index contributed by atoms with van der Waals surface area (Å²) < 4.78 is 36.4. The highest BCUT2D eigenvalue weighted by molar-refractivity contribution is 5.85. The Bertz CT molecular complexity index is 484. The van der Waals surface area contributed by atoms with E-state index in [4.69, 9.17) is 5.73 Å². The molecule has 1 unspecified atom stereocenters. The van der Waals surface area contributed by atoms with E-state index in [2.05, 4.69) is 5.32 Å². The van der Waals surface area contributed by atoms with Crippen LogP contribution in [-0.4, -0.2) is 43.7 Å². The molecule has 0 heterocycles. The molecule has 0 aliphatic heterocycles. The lowest BCUT2D eigenvalue weighted by molar-refractivity contribution is -0.143. The monoisotopic (exact) mass is 389 g/mol. The molecule has 24 heavy (non-hydrogen) atoms. The number of nitrogens with zero attached hydrogens (tertiary/aromatic N) is 1. The fourth-order valence-corrected chi connectivity index (χ4v) is 1.98. The quantitative estimate of drug-likeness (QED) is 0.704. The number of hydrogen-bond donors (Lipinski definition) is 2. The van der Waals surface area contributed by atoms with Gasteiger partial charge in [0.2, 0.25) is 5.91 Å². The lowest BCUT2D eigenvalue weighted by atomic mass is 10.1. The Morgan fingerprint density at radius 3 is 2.29 bits per heavy atom. The molecule has 0 bridgehead atoms. The largest absolute Gasteiger partial charge is 0.401 e. The molecule has 0 aliphatic rings. The number of carbonyl (C=O) groups is 1. The van der Waals surface area contributed by atoms with E-state index in [1.54, 1.807) is 12.1 Å². The summed E-state index contributed by atoms with van der Waals surface area (Å²) in [6.07, 6.45) is -3.77. The number of benzene rings is 1. The van der Waals surface area contributed by atoms with Gasteiger partial charge in [0.25, 0.3) is 0 Å². The Hall–Kier alpha value is -1.02. The SMILES string of the molecule is Cc1ccc(C(N)C(=O)NCCCN(C)CC(F)(F)F)cc1.Cl.Cl. The maximum absolute atomic E-state index is 12.1. The predicted molar refractivity (Wildman–Crippen MR) is 93.8 cm³/mol. The molecule has 0 aromatic heterocycles. The summed E-state index contributed by atoms with van der Waals surface area (Å²) >= 11 is 0. The molecule has 0 spiro atoms. The first-order valence-corrected chi connectivity index (χ1v) is 7.04. The number of halogens is 5. The zero-order valence-electron chi connectivity index (χ0n) is 13.6. The highest BCUT2D eigenvalue weighted by atomic mass is 35.5. The summed E-state index contributed by atoms with van der Waals surface area (Å²) in [6.45, 7) is 1.52. The molecule has 1 atom stereocenters. The highest BCUT2D eigenvalue weighted by Crippen LogP contribution is 2.15. The maximum Gasteiger partial charge on any atom is 0.401 e. The minimum Gasteiger partial charge on any atom is -0.354 e. The molecular formula is C15H24Cl2F3N3O. The second kappa shape index (κ2) is 11.5. The second-order valence-corrected chi connectivity index (χ2v) is 5.39. The predicted octanol–water partition coefficient (Wildman–Crippen LogP) is 2.84. The van der Waals surface area contributed by atoms with E-state index in [0.717, 1.165) is 5.56 Å². The van der Waals surface area contributed by atoms with Gasteiger partial charge in [-0.2, -0.15) is 13.2 Å². The molecule has 0 saturated heterocycles. The van der Waals surface area contributed by atoms with Crippen molar-refractivity contribution in [3.63, 3.8) is 0 Å². The first-order valence-electron chi connectivity index (χ1n) is 7.04. The van der Waals surface area contributed by atoms with Crippen LogP contribution in [0, 0.1) is 6.92 Å². The fraction of sp³-hybridized carbons (Fsp3) is 0.533. The number of nitrogens with two attached hydrogens (primary N) is 1. The normalized spacial score (nSPS) is 12.1. The standard InChI is InChI=1S/C15H22F3N3O.2ClH/c1-11-4-6-12(7-5-11)13(19)14(22)20-8-3-9-21(2)10-15(16,17)18;;/h4-7,13H,3,8-10,19H2,1-2H3,(H,20,22);2*1H. The third-order valence-corrected chi connectivity index (χ3v) is 3.18. The van der Waals surface area contributed by atoms with Crippen molar-refractivity contribution >= 4 is 30.7 Å². The summed E-state index contributed by atoms with van der Waals surface area (Å²) in [5.41, 5.74) is 7.62. The number of aryl methyl sites for hydroxylation is 1. The molecule has 3 N–H and O–H groups in total. The Labute approximate surface area is 152 Å². The lowest BCUT2D eigenvalue weighted by Crippen LogP contribution is -2.37. The van der Waals surface area contributed by atoms with Crippen LogP contribution < -0.4 is 11.1 Å². The van der Waals surface area contributed by atoms with Crippen LogP contribution in [0.1, 0.15) is 23.6 Å². The zero-order valence-corrected chi connectivity index (χ0v) is 15.2. The maximum atomic E-state index is 12.1. The van der Waals surface area contributed by atoms with Crippen LogP contribution in [0.2, 0.25) is 0 Å². The van der Waals surface area contributed by atoms with Gasteiger partial charge in [-0.3, -0.25) is 9.69 Å². The van der Waals surface area contributed by atoms with Gasteiger partial charge in [0.1, 0.15) is 6.04 Å². The van der Waals surface area contributed by atoms with Crippen molar-refractivity contribution in [3.05, 3.63) is 35.4 Å². The van der Waals surface area contributed by atoms with Crippen molar-refractivity contribution in [1.29, 1.82) is 0 Å². The van der Waals surface area contributed by atoms with Crippen molar-refractivity contribution < 1.29 is 18.0 Å². The Morgan fingerprint density at radius 2 is 1.79 bits per heavy atom. The van der Waals surface area contributed by atoms with Gasteiger partial charge in [-0.25, -0.2) is 0 Å². The highest BCUT2D eigenvalue weighted by Gasteiger charge is 2.28. The molecule has 0 saturated carbocycles. The van der Waals surface area contributed by atoms with Crippen LogP contribution in [0.5, 0.6) is 0 Å². The summed E-state index contributed by atoms with van der Waals surface area (Å²) in [5, 5.41) is 2.64. The average Bonchev–Trinajstić information content (AvgIpc) is 2.41. The minimum atomic E-state index is -4.20. The number of nitrogens with one attached hydrogen (secondary N) is 1. The molecule has 0 fully saturated rings. The second-order valence-electron chi connectivity index (χ2n) is 5.39. The number of amides is 1. The summed E-state index contributed by atoms with van der Waals surface area (Å²) in [4.78, 5) is 13.0. The number of carbonyl (C=O) groups excluding carboxylic acids is 1. The Kier molecular flexibility index (Phi) is 12.1. The van der Waals surface area contributed by atoms with Crippen LogP contribution in [0.25, 0.3) is 0 Å². The summed E-state index contributed by atoms with van der Waals surface area (Å²) in [6, 6.07) is 6.55. The van der Waals surface area contributed by atoms with Crippen LogP contribution >= 0.6 is 24.8 Å². The van der Waals surface area contributed by atoms with Gasteiger partial charge in [-0.1, -0.05) is 29.8 Å². The number of rotatable bonds is 7. The van der Waals surface area contributed by atoms with Crippen molar-refractivity contribution in [2.24, 2.45) is 5.73 Å². The van der Waals surface area contributed by atoms with Gasteiger partial charge in [-0.15, -0.1) is 24.8 Å². The van der Waals surface area contributed by atoms with Crippen molar-refractivity contribution in [3.8, 4) is 0 Å². The van der Waals surface area contributed by atoms with Crippen molar-refractivity contribution in [1.82, 2.24) is 10.2 Å². The smallest absolute Gasteiger partial charge is 0.354 e. The Balaban J connectivity index is 0. The van der Waals surface area contributed by atoms with E-state index in [1.165, 1.54) is 11.9 Å². The molecule has 1 amide bonds. The van der Waals surface area contributed by atoms with Gasteiger partial charge in [0.15, 0.2) is 0 Å². The molecule has 4 nitrogen and oxygen atoms in total. The third-order valence-electron chi connectivity index (χ3n) is 3.18. The molecule has 0 aliphatic carbocycles. The third kappa shape index (κ3) is 9.97. The van der Waals surface area contributed by atoms with Crippen LogP contribution in [0.4, 0.5) is 13.2 Å². The Morgan fingerprint density at radius 1 is 1.25 bits per heavy atom. The van der Waals surface area contributed by atoms with E-state index >= 15 is 0 Å². The van der Waals surface area contributed by atoms with E-state index in [-0.39, 0.29) is 37.3 Å². The minimum absolute atomic E-state index is 0. The van der Waals surface area contributed by atoms with Gasteiger partial charge < -0.3 is 11.1 Å². The van der Waals surface area contributed by atoms with E-state index in [1.807, 2.05) is 19.1 Å². The molecule has 1 aromatic carbocycles. The fourth-order valence-electron chi connectivity index (χ4n) is 1.98. The first kappa shape index (κ1) is 25.2. The molecule has 1 rings (SSSR count). The van der Waals surface area contributed by atoms with Crippen molar-refractivity contribution in [2.45, 2.75) is 25.6 Å². The number of alkyl halides is 3. The van der Waals surface area contributed by atoms with Crippen molar-refractivity contribution in [2.75, 3.05) is 26.7 Å². The molecule has 0 radical (unpaired) electrons. The molecule has 140 valence electrons. The van der Waals surface area contributed by atoms with Crippen LogP contribution in [0.15, 0.2) is 24.3 Å². The summed E-state index contributed by atoms with van der Waals surface area (Å²) in [5.74, 6) is -0.331. The van der Waals surface area contributed by atoms with E-state index < -0.39 is 18.8 Å². The molecular weight excluding hydrogens is 366 g/mol. The van der Waals surface area contributed by atoms with Gasteiger partial charge >= 0.3 is 6.18 Å². The number of hydrogen-bond acceptors (Lipinski definition) is 3. The van der Waals surface area contributed by atoms with Gasteiger partial charge in [0.05, 0.1) is 6.54 Å². The van der Waals surface area contributed by atoms with Crippen LogP contribution in [0.3, 0.4) is 0 Å².